The van der Waals surface area contributed by atoms with Gasteiger partial charge in [-0.25, -0.2) is 0 Å². The molecule has 0 N–H and O–H groups in total. The Labute approximate surface area is 171 Å². The van der Waals surface area contributed by atoms with Crippen molar-refractivity contribution in [3.05, 3.63) is 52.5 Å². The summed E-state index contributed by atoms with van der Waals surface area (Å²) in [4.78, 5) is 23.5. The molecule has 0 radical (unpaired) electrons. The smallest absolute Gasteiger partial charge is 0.266 e. The van der Waals surface area contributed by atoms with E-state index in [2.05, 4.69) is 59.1 Å². The molecular weight excluding hydrogens is 366 g/mol. The van der Waals surface area contributed by atoms with E-state index >= 15 is 0 Å². The minimum Gasteiger partial charge on any atom is -0.330 e. The van der Waals surface area contributed by atoms with E-state index in [9.17, 15) is 4.79 Å². The molecule has 3 heterocycles. The molecule has 1 aliphatic carbocycles. The topological polar surface area (TPSA) is 36.4 Å². The van der Waals surface area contributed by atoms with Crippen molar-refractivity contribution >= 4 is 17.2 Å². The van der Waals surface area contributed by atoms with Crippen LogP contribution in [0.3, 0.4) is 0 Å². The molecule has 0 spiro atoms. The van der Waals surface area contributed by atoms with Crippen LogP contribution in [0.25, 0.3) is 0 Å². The van der Waals surface area contributed by atoms with E-state index in [1.54, 1.807) is 11.7 Å². The molecule has 1 aromatic heterocycles. The maximum atomic E-state index is 13.6. The molecule has 5 heteroatoms. The van der Waals surface area contributed by atoms with Crippen LogP contribution >= 0.6 is 11.3 Å². The van der Waals surface area contributed by atoms with Crippen molar-refractivity contribution in [3.63, 3.8) is 0 Å². The lowest BCUT2D eigenvalue weighted by Crippen LogP contribution is -2.58. The Hall–Kier alpha value is -1.72. The summed E-state index contributed by atoms with van der Waals surface area (Å²) in [5.41, 5.74) is 3.34. The summed E-state index contributed by atoms with van der Waals surface area (Å²) in [6, 6.07) is 12.4. The predicted molar refractivity (Wildman–Crippen MR) is 113 cm³/mol. The highest BCUT2D eigenvalue weighted by molar-refractivity contribution is 7.11. The predicted octanol–water partition coefficient (Wildman–Crippen LogP) is 4.23. The summed E-state index contributed by atoms with van der Waals surface area (Å²) in [5, 5.41) is 0. The Bertz CT molecular complexity index is 839. The van der Waals surface area contributed by atoms with Crippen molar-refractivity contribution in [3.8, 4) is 0 Å². The summed E-state index contributed by atoms with van der Waals surface area (Å²) in [6.07, 6.45) is 8.79. The Balaban J connectivity index is 1.56. The van der Waals surface area contributed by atoms with Crippen molar-refractivity contribution in [2.45, 2.75) is 69.6 Å². The maximum absolute atomic E-state index is 13.6. The van der Waals surface area contributed by atoms with Gasteiger partial charge in [-0.05, 0) is 38.3 Å². The van der Waals surface area contributed by atoms with Gasteiger partial charge in [0.1, 0.15) is 4.88 Å². The minimum absolute atomic E-state index is 0.198. The van der Waals surface area contributed by atoms with E-state index in [0.29, 0.717) is 18.1 Å². The van der Waals surface area contributed by atoms with Gasteiger partial charge < -0.3 is 4.90 Å². The van der Waals surface area contributed by atoms with Crippen LogP contribution in [0.4, 0.5) is 0 Å². The van der Waals surface area contributed by atoms with Gasteiger partial charge in [-0.15, -0.1) is 11.3 Å². The molecule has 2 aliphatic heterocycles. The third kappa shape index (κ3) is 2.74. The van der Waals surface area contributed by atoms with Gasteiger partial charge >= 0.3 is 0 Å². The molecule has 3 fully saturated rings. The number of nitrogens with zero attached hydrogens (tertiary/aromatic N) is 3. The Morgan fingerprint density at radius 3 is 2.68 bits per heavy atom. The van der Waals surface area contributed by atoms with Crippen LogP contribution in [-0.2, 0) is 6.42 Å². The lowest BCUT2D eigenvalue weighted by atomic mass is 9.69. The molecule has 5 rings (SSSR count). The molecular formula is C23H29N3OS. The van der Waals surface area contributed by atoms with Gasteiger partial charge in [0.2, 0.25) is 0 Å². The number of amides is 1. The lowest BCUT2D eigenvalue weighted by Gasteiger charge is -2.49. The molecule has 4 nitrogen and oxygen atoms in total. The van der Waals surface area contributed by atoms with Crippen LogP contribution < -0.4 is 0 Å². The molecule has 1 amide bonds. The van der Waals surface area contributed by atoms with Gasteiger partial charge in [0.25, 0.3) is 5.91 Å². The zero-order chi connectivity index (χ0) is 19.3. The summed E-state index contributed by atoms with van der Waals surface area (Å²) in [5.74, 6) is 0.204. The fourth-order valence-corrected chi connectivity index (χ4v) is 7.00. The fraction of sp³-hybridized carbons (Fsp3) is 0.565. The van der Waals surface area contributed by atoms with E-state index in [1.807, 2.05) is 0 Å². The van der Waals surface area contributed by atoms with Crippen molar-refractivity contribution in [1.82, 2.24) is 14.8 Å². The normalized spacial score (nSPS) is 35.0. The highest BCUT2D eigenvalue weighted by atomic mass is 32.1. The highest BCUT2D eigenvalue weighted by Gasteiger charge is 2.62. The first-order valence-electron chi connectivity index (χ1n) is 10.6. The number of benzene rings is 1. The third-order valence-electron chi connectivity index (χ3n) is 7.69. The van der Waals surface area contributed by atoms with E-state index < -0.39 is 0 Å². The zero-order valence-electron chi connectivity index (χ0n) is 16.8. The second-order valence-electron chi connectivity index (χ2n) is 9.09. The van der Waals surface area contributed by atoms with Crippen molar-refractivity contribution in [2.24, 2.45) is 5.41 Å². The number of carbonyl (C=O) groups excluding carboxylic acids is 1. The molecule has 3 aliphatic rings. The number of likely N-dealkylation sites (tertiary alicyclic amines) is 2. The quantitative estimate of drug-likeness (QED) is 0.780. The van der Waals surface area contributed by atoms with Crippen LogP contribution in [-0.4, -0.2) is 51.9 Å². The monoisotopic (exact) mass is 395 g/mol. The van der Waals surface area contributed by atoms with Gasteiger partial charge in [0, 0.05) is 29.6 Å². The average molecular weight is 396 g/mol. The van der Waals surface area contributed by atoms with Crippen LogP contribution in [0.1, 0.15) is 54.3 Å². The second kappa shape index (κ2) is 6.96. The summed E-state index contributed by atoms with van der Waals surface area (Å²) in [7, 11) is 2.31. The summed E-state index contributed by atoms with van der Waals surface area (Å²) < 4.78 is 0. The van der Waals surface area contributed by atoms with E-state index in [4.69, 9.17) is 0 Å². The molecule has 2 saturated heterocycles. The van der Waals surface area contributed by atoms with Crippen LogP contribution in [0.2, 0.25) is 0 Å². The van der Waals surface area contributed by atoms with Gasteiger partial charge in [-0.2, -0.15) is 0 Å². The first-order chi connectivity index (χ1) is 13.6. The van der Waals surface area contributed by atoms with Crippen molar-refractivity contribution in [2.75, 3.05) is 7.05 Å². The molecule has 2 bridgehead atoms. The van der Waals surface area contributed by atoms with Crippen molar-refractivity contribution < 1.29 is 4.79 Å². The second-order valence-corrected chi connectivity index (χ2v) is 9.98. The van der Waals surface area contributed by atoms with Crippen LogP contribution in [0.5, 0.6) is 0 Å². The van der Waals surface area contributed by atoms with E-state index in [0.717, 1.165) is 24.1 Å². The molecule has 5 atom stereocenters. The molecule has 1 aromatic carbocycles. The maximum Gasteiger partial charge on any atom is 0.266 e. The summed E-state index contributed by atoms with van der Waals surface area (Å²) in [6.45, 7) is 2.45. The Morgan fingerprint density at radius 2 is 1.96 bits per heavy atom. The first-order valence-corrected chi connectivity index (χ1v) is 11.4. The SMILES string of the molecule is CN1[C@@H](Cc2ccccc2)[C@@H]2C[C@@]3(C)[C@H](CCCC[C@@H]13)N2C(=O)c1cncs1. The number of fused-ring (bicyclic) bond motifs is 1. The van der Waals surface area contributed by atoms with E-state index in [1.165, 1.54) is 36.2 Å². The number of carbonyl (C=O) groups is 1. The van der Waals surface area contributed by atoms with Crippen LogP contribution in [0.15, 0.2) is 42.0 Å². The molecule has 2 aromatic rings. The van der Waals surface area contributed by atoms with Gasteiger partial charge in [0.15, 0.2) is 0 Å². The molecule has 28 heavy (non-hydrogen) atoms. The van der Waals surface area contributed by atoms with Gasteiger partial charge in [-0.3, -0.25) is 14.7 Å². The molecule has 148 valence electrons. The van der Waals surface area contributed by atoms with Gasteiger partial charge in [0.05, 0.1) is 11.7 Å². The number of piperidine rings is 1. The Morgan fingerprint density at radius 1 is 1.21 bits per heavy atom. The number of rotatable bonds is 3. The Kier molecular flexibility index (Phi) is 4.55. The number of hydrogen-bond donors (Lipinski definition) is 0. The summed E-state index contributed by atoms with van der Waals surface area (Å²) >= 11 is 1.48. The van der Waals surface area contributed by atoms with Crippen LogP contribution in [0, 0.1) is 5.41 Å². The third-order valence-corrected chi connectivity index (χ3v) is 8.45. The lowest BCUT2D eigenvalue weighted by molar-refractivity contribution is 0.0156. The largest absolute Gasteiger partial charge is 0.330 e. The minimum atomic E-state index is 0.198. The highest BCUT2D eigenvalue weighted by Crippen LogP contribution is 2.55. The van der Waals surface area contributed by atoms with E-state index in [-0.39, 0.29) is 17.4 Å². The zero-order valence-corrected chi connectivity index (χ0v) is 17.6. The molecule has 1 saturated carbocycles. The number of aromatic nitrogens is 1. The van der Waals surface area contributed by atoms with Crippen molar-refractivity contribution in [1.29, 1.82) is 0 Å². The fourth-order valence-electron chi connectivity index (χ4n) is 6.44. The number of likely N-dealkylation sites (N-methyl/N-ethyl adjacent to an activating group) is 1. The average Bonchev–Trinajstić information content (AvgIpc) is 3.28. The standard InChI is InChI=1S/C23H29N3OS/c1-23-13-18-17(12-16-8-4-3-5-9-16)25(2)20(23)10-6-7-11-21(23)26(18)22(27)19-14-24-15-28-19/h3-5,8-9,14-15,17-18,20-21H,6-7,10-13H2,1-2H3/t17-,18-,20+,21-,23+/m0/s1. The first kappa shape index (κ1) is 18.3. The number of thiazole rings is 1. The van der Waals surface area contributed by atoms with Gasteiger partial charge in [-0.1, -0.05) is 50.1 Å². The molecule has 0 unspecified atom stereocenters. The number of hydrogen-bond acceptors (Lipinski definition) is 4.